The van der Waals surface area contributed by atoms with Gasteiger partial charge in [0.2, 0.25) is 5.91 Å². The van der Waals surface area contributed by atoms with Gasteiger partial charge in [0.1, 0.15) is 5.82 Å². The van der Waals surface area contributed by atoms with Crippen LogP contribution in [-0.2, 0) is 10.2 Å². The summed E-state index contributed by atoms with van der Waals surface area (Å²) in [4.78, 5) is 29.7. The highest BCUT2D eigenvalue weighted by Gasteiger charge is 2.61. The van der Waals surface area contributed by atoms with Crippen molar-refractivity contribution in [1.29, 1.82) is 0 Å². The fraction of sp³-hybridized carbons (Fsp3) is 0.533. The topological polar surface area (TPSA) is 40.6 Å². The first-order chi connectivity index (χ1) is 16.8. The number of rotatable bonds is 4. The first-order valence-corrected chi connectivity index (χ1v) is 13.2. The van der Waals surface area contributed by atoms with Gasteiger partial charge in [-0.2, -0.15) is 0 Å². The van der Waals surface area contributed by atoms with E-state index < -0.39 is 0 Å². The van der Waals surface area contributed by atoms with Crippen LogP contribution in [0.1, 0.15) is 66.9 Å². The van der Waals surface area contributed by atoms with Crippen LogP contribution in [0.2, 0.25) is 0 Å². The van der Waals surface area contributed by atoms with Crippen LogP contribution < -0.4 is 4.90 Å². The number of nitrogens with zero attached hydrogens (tertiary/aromatic N) is 2. The summed E-state index contributed by atoms with van der Waals surface area (Å²) in [7, 11) is 0. The molecule has 184 valence electrons. The molecule has 1 saturated heterocycles. The molecule has 2 unspecified atom stereocenters. The normalized spacial score (nSPS) is 31.6. The van der Waals surface area contributed by atoms with Crippen molar-refractivity contribution in [2.24, 2.45) is 17.3 Å². The number of carbonyl (C=O) groups excluding carboxylic acids is 2. The number of hydrogen-bond donors (Lipinski definition) is 0. The fourth-order valence-corrected chi connectivity index (χ4v) is 8.23. The second kappa shape index (κ2) is 8.18. The van der Waals surface area contributed by atoms with Gasteiger partial charge < -0.3 is 9.80 Å². The molecule has 5 aliphatic rings. The highest BCUT2D eigenvalue weighted by Crippen LogP contribution is 2.66. The van der Waals surface area contributed by atoms with Crippen LogP contribution in [-0.4, -0.2) is 42.8 Å². The summed E-state index contributed by atoms with van der Waals surface area (Å²) >= 11 is 0. The van der Waals surface area contributed by atoms with E-state index >= 15 is 0 Å². The Hall–Kier alpha value is -2.69. The largest absolute Gasteiger partial charge is 0.366 e. The monoisotopic (exact) mass is 474 g/mol. The van der Waals surface area contributed by atoms with E-state index in [9.17, 15) is 14.0 Å². The van der Waals surface area contributed by atoms with E-state index in [1.165, 1.54) is 43.4 Å². The van der Waals surface area contributed by atoms with Gasteiger partial charge in [-0.25, -0.2) is 4.39 Å². The molecule has 1 aliphatic heterocycles. The average Bonchev–Trinajstić information content (AvgIpc) is 2.83. The summed E-state index contributed by atoms with van der Waals surface area (Å²) in [5.74, 6) is 1.15. The van der Waals surface area contributed by atoms with E-state index in [4.69, 9.17) is 0 Å². The van der Waals surface area contributed by atoms with Crippen LogP contribution in [0.4, 0.5) is 10.1 Å². The summed E-state index contributed by atoms with van der Waals surface area (Å²) in [6.07, 6.45) is 6.80. The lowest BCUT2D eigenvalue weighted by atomic mass is 9.42. The highest BCUT2D eigenvalue weighted by molar-refractivity contribution is 5.94. The van der Waals surface area contributed by atoms with Gasteiger partial charge in [0, 0.05) is 31.7 Å². The zero-order chi connectivity index (χ0) is 24.4. The van der Waals surface area contributed by atoms with Crippen molar-refractivity contribution in [2.45, 2.75) is 57.8 Å². The molecule has 2 aromatic rings. The van der Waals surface area contributed by atoms with Crippen LogP contribution in [0.5, 0.6) is 0 Å². The molecule has 1 amide bonds. The standard InChI is InChI=1S/C30H35FN2O2/c1-20-3-6-25(7-4-20)29-15-22-13-23(16-29)18-30(17-22,19-29)28(35)33-11-9-32(10-12-33)27-8-5-24(21(2)34)14-26(27)31/h3-8,14,22-23H,9-13,15-19H2,1-2H3. The van der Waals surface area contributed by atoms with Crippen LogP contribution >= 0.6 is 0 Å². The fourth-order valence-electron chi connectivity index (χ4n) is 8.23. The van der Waals surface area contributed by atoms with Crippen molar-refractivity contribution >= 4 is 17.4 Å². The van der Waals surface area contributed by atoms with E-state index in [1.54, 1.807) is 12.1 Å². The second-order valence-electron chi connectivity index (χ2n) is 11.9. The predicted octanol–water partition coefficient (Wildman–Crippen LogP) is 5.52. The second-order valence-corrected chi connectivity index (χ2v) is 11.9. The number of anilines is 1. The number of hydrogen-bond acceptors (Lipinski definition) is 3. The summed E-state index contributed by atoms with van der Waals surface area (Å²) in [5, 5.41) is 0. The Balaban J connectivity index is 1.19. The SMILES string of the molecule is CC(=O)c1ccc(N2CCN(C(=O)C34CC5CC(C3)CC(c3ccc(C)cc3)(C5)C4)CC2)c(F)c1. The molecule has 0 spiro atoms. The van der Waals surface area contributed by atoms with Gasteiger partial charge in [0.15, 0.2) is 5.78 Å². The minimum absolute atomic E-state index is 0.134. The molecule has 2 atom stereocenters. The summed E-state index contributed by atoms with van der Waals surface area (Å²) in [6.45, 7) is 6.08. The quantitative estimate of drug-likeness (QED) is 0.548. The zero-order valence-corrected chi connectivity index (χ0v) is 20.9. The molecular weight excluding hydrogens is 439 g/mol. The minimum atomic E-state index is -0.362. The smallest absolute Gasteiger partial charge is 0.228 e. The zero-order valence-electron chi connectivity index (χ0n) is 20.9. The maximum absolute atomic E-state index is 14.7. The van der Waals surface area contributed by atoms with Crippen LogP contribution in [0.3, 0.4) is 0 Å². The number of amides is 1. The molecular formula is C30H35FN2O2. The number of aryl methyl sites for hydroxylation is 1. The van der Waals surface area contributed by atoms with E-state index in [0.717, 1.165) is 19.3 Å². The Morgan fingerprint density at radius 1 is 0.914 bits per heavy atom. The number of carbonyl (C=O) groups is 2. The molecule has 0 N–H and O–H groups in total. The number of piperazine rings is 1. The van der Waals surface area contributed by atoms with Gasteiger partial charge in [-0.3, -0.25) is 9.59 Å². The number of ketones is 1. The Bertz CT molecular complexity index is 1150. The third-order valence-corrected chi connectivity index (χ3v) is 9.44. The molecule has 4 saturated carbocycles. The van der Waals surface area contributed by atoms with Crippen LogP contribution in [0.15, 0.2) is 42.5 Å². The van der Waals surface area contributed by atoms with Crippen molar-refractivity contribution in [3.05, 3.63) is 65.0 Å². The lowest BCUT2D eigenvalue weighted by Crippen LogP contribution is -2.61. The Labute approximate surface area is 207 Å². The summed E-state index contributed by atoms with van der Waals surface area (Å²) in [6, 6.07) is 13.8. The Kier molecular flexibility index (Phi) is 5.32. The summed E-state index contributed by atoms with van der Waals surface area (Å²) in [5.41, 5.74) is 3.56. The molecule has 7 rings (SSSR count). The molecule has 5 heteroatoms. The van der Waals surface area contributed by atoms with E-state index in [-0.39, 0.29) is 22.4 Å². The summed E-state index contributed by atoms with van der Waals surface area (Å²) < 4.78 is 14.7. The van der Waals surface area contributed by atoms with E-state index in [0.29, 0.717) is 55.2 Å². The number of Topliss-reactive ketones (excluding diaryl/α,β-unsaturated/α-hetero) is 1. The molecule has 2 aromatic carbocycles. The molecule has 0 aromatic heterocycles. The van der Waals surface area contributed by atoms with Gasteiger partial charge >= 0.3 is 0 Å². The first-order valence-electron chi connectivity index (χ1n) is 13.2. The van der Waals surface area contributed by atoms with Gasteiger partial charge in [-0.05, 0) is 93.4 Å². The van der Waals surface area contributed by atoms with Crippen molar-refractivity contribution in [2.75, 3.05) is 31.1 Å². The predicted molar refractivity (Wildman–Crippen MR) is 135 cm³/mol. The maximum Gasteiger partial charge on any atom is 0.228 e. The molecule has 5 fully saturated rings. The Morgan fingerprint density at radius 2 is 1.57 bits per heavy atom. The lowest BCUT2D eigenvalue weighted by molar-refractivity contribution is -0.160. The molecule has 35 heavy (non-hydrogen) atoms. The van der Waals surface area contributed by atoms with Gasteiger partial charge in [0.25, 0.3) is 0 Å². The minimum Gasteiger partial charge on any atom is -0.366 e. The van der Waals surface area contributed by atoms with Crippen molar-refractivity contribution < 1.29 is 14.0 Å². The van der Waals surface area contributed by atoms with E-state index in [2.05, 4.69) is 36.1 Å². The van der Waals surface area contributed by atoms with Crippen molar-refractivity contribution in [1.82, 2.24) is 4.90 Å². The molecule has 4 bridgehead atoms. The number of benzene rings is 2. The van der Waals surface area contributed by atoms with Crippen LogP contribution in [0.25, 0.3) is 0 Å². The molecule has 4 aliphatic carbocycles. The van der Waals surface area contributed by atoms with E-state index in [1.807, 2.05) is 4.90 Å². The molecule has 1 heterocycles. The van der Waals surface area contributed by atoms with Crippen molar-refractivity contribution in [3.8, 4) is 0 Å². The number of halogens is 1. The maximum atomic E-state index is 14.7. The third-order valence-electron chi connectivity index (χ3n) is 9.44. The molecule has 4 nitrogen and oxygen atoms in total. The average molecular weight is 475 g/mol. The van der Waals surface area contributed by atoms with Crippen molar-refractivity contribution in [3.63, 3.8) is 0 Å². The highest BCUT2D eigenvalue weighted by atomic mass is 19.1. The molecule has 0 radical (unpaired) electrons. The van der Waals surface area contributed by atoms with Gasteiger partial charge in [-0.15, -0.1) is 0 Å². The van der Waals surface area contributed by atoms with Gasteiger partial charge in [0.05, 0.1) is 11.1 Å². The van der Waals surface area contributed by atoms with Crippen LogP contribution in [0, 0.1) is 30.0 Å². The first kappa shape index (κ1) is 22.8. The third kappa shape index (κ3) is 3.78. The van der Waals surface area contributed by atoms with Gasteiger partial charge in [-0.1, -0.05) is 29.8 Å². The lowest BCUT2D eigenvalue weighted by Gasteiger charge is -2.62. The Morgan fingerprint density at radius 3 is 2.17 bits per heavy atom.